The minimum Gasteiger partial charge on any atom is -0.457 e. The number of aldehydes is 2. The number of aliphatic hydroxyl groups is 2. The normalized spacial score (nSPS) is 47.4. The summed E-state index contributed by atoms with van der Waals surface area (Å²) in [4.78, 5) is 34.3. The second-order valence-electron chi connectivity index (χ2n) is 16.2. The van der Waals surface area contributed by atoms with Gasteiger partial charge in [0, 0.05) is 6.92 Å². The van der Waals surface area contributed by atoms with Gasteiger partial charge < -0.3 is 34.0 Å². The van der Waals surface area contributed by atoms with Crippen molar-refractivity contribution in [1.29, 1.82) is 0 Å². The molecule has 5 aliphatic carbocycles. The van der Waals surface area contributed by atoms with Crippen LogP contribution in [0.2, 0.25) is 0 Å². The Balaban J connectivity index is 1.22. The molecule has 9 nitrogen and oxygen atoms in total. The van der Waals surface area contributed by atoms with Gasteiger partial charge in [-0.05, 0) is 117 Å². The van der Waals surface area contributed by atoms with Crippen molar-refractivity contribution in [3.63, 3.8) is 0 Å². The molecule has 1 aliphatic heterocycles. The van der Waals surface area contributed by atoms with Gasteiger partial charge in [-0.15, -0.1) is 0 Å². The summed E-state index contributed by atoms with van der Waals surface area (Å²) in [7, 11) is 0. The molecule has 0 aromatic heterocycles. The van der Waals surface area contributed by atoms with Gasteiger partial charge >= 0.3 is 5.97 Å². The number of carbonyl (C=O) groups is 3. The zero-order valence-corrected chi connectivity index (χ0v) is 26.8. The Bertz CT molecular complexity index is 1120. The predicted octanol–water partition coefficient (Wildman–Crippen LogP) is 3.99. The third kappa shape index (κ3) is 4.61. The number of hydrogen-bond acceptors (Lipinski definition) is 9. The molecule has 1 heterocycles. The summed E-state index contributed by atoms with van der Waals surface area (Å²) < 4.78 is 23.8. The maximum Gasteiger partial charge on any atom is 0.303 e. The molecule has 0 bridgehead atoms. The molecule has 6 rings (SSSR count). The van der Waals surface area contributed by atoms with E-state index < -0.39 is 36.2 Å². The van der Waals surface area contributed by atoms with E-state index in [1.165, 1.54) is 19.8 Å². The van der Waals surface area contributed by atoms with Crippen LogP contribution in [-0.4, -0.2) is 77.8 Å². The summed E-state index contributed by atoms with van der Waals surface area (Å²) in [5, 5.41) is 22.9. The number of carbonyl (C=O) groups excluding carboxylic acids is 3. The van der Waals surface area contributed by atoms with Crippen LogP contribution in [0.1, 0.15) is 99.3 Å². The zero-order chi connectivity index (χ0) is 31.2. The van der Waals surface area contributed by atoms with Crippen molar-refractivity contribution in [2.75, 3.05) is 6.61 Å². The topological polar surface area (TPSA) is 129 Å². The molecule has 2 spiro atoms. The standard InChI is InChI=1S/C34H52O9/c1-19(37)41-29(31(4,5)39)22-9-7-21-28(42-22)27(38)26-20-8-10-23-30(2,3)24(43-25(17-36)40-16-15-35)11-12-34(23)18-33(20,34)14-13-32(21,26)6/h15,17,20-29,38-39H,7-14,16,18H2,1-6H3. The molecule has 13 atom stereocenters. The van der Waals surface area contributed by atoms with Crippen molar-refractivity contribution in [1.82, 2.24) is 0 Å². The molecule has 0 amide bonds. The zero-order valence-electron chi connectivity index (χ0n) is 26.8. The number of rotatable bonds is 9. The maximum absolute atomic E-state index is 12.1. The maximum atomic E-state index is 12.1. The summed E-state index contributed by atoms with van der Waals surface area (Å²) in [5.41, 5.74) is -0.994. The Hall–Kier alpha value is -1.39. The molecule has 13 unspecified atom stereocenters. The number of fused-ring (bicyclic) bond motifs is 4. The van der Waals surface area contributed by atoms with Crippen molar-refractivity contribution in [2.45, 2.75) is 142 Å². The molecule has 0 aromatic rings. The molecule has 242 valence electrons. The SMILES string of the molecule is CC(=O)OC(C1CCC2C(O1)C(O)C1C3CCC4C(C)(C)C(OC(C=O)OCC=O)CCC45CC35CCC21C)C(C)(C)O. The fraction of sp³-hybridized carbons (Fsp3) is 0.912. The summed E-state index contributed by atoms with van der Waals surface area (Å²) in [5.74, 6) is 0.825. The lowest BCUT2D eigenvalue weighted by Crippen LogP contribution is -2.56. The molecular formula is C34H52O9. The van der Waals surface area contributed by atoms with E-state index in [4.69, 9.17) is 18.9 Å². The fourth-order valence-corrected chi connectivity index (χ4v) is 12.0. The van der Waals surface area contributed by atoms with Gasteiger partial charge in [-0.3, -0.25) is 9.59 Å². The first-order valence-corrected chi connectivity index (χ1v) is 16.6. The molecule has 5 saturated carbocycles. The van der Waals surface area contributed by atoms with Crippen LogP contribution in [0.25, 0.3) is 0 Å². The minimum absolute atomic E-state index is 0.0177. The van der Waals surface area contributed by atoms with Crippen LogP contribution >= 0.6 is 0 Å². The molecule has 0 radical (unpaired) electrons. The van der Waals surface area contributed by atoms with E-state index >= 15 is 0 Å². The number of aliphatic hydroxyl groups excluding tert-OH is 1. The Morgan fingerprint density at radius 2 is 1.74 bits per heavy atom. The molecule has 1 saturated heterocycles. The van der Waals surface area contributed by atoms with Crippen LogP contribution in [0.3, 0.4) is 0 Å². The summed E-state index contributed by atoms with van der Waals surface area (Å²) in [6, 6.07) is 0. The summed E-state index contributed by atoms with van der Waals surface area (Å²) in [6.45, 7) is 11.4. The van der Waals surface area contributed by atoms with E-state index in [2.05, 4.69) is 20.8 Å². The predicted molar refractivity (Wildman–Crippen MR) is 156 cm³/mol. The molecule has 6 fully saturated rings. The van der Waals surface area contributed by atoms with Gasteiger partial charge in [0.2, 0.25) is 6.29 Å². The number of hydrogen-bond donors (Lipinski definition) is 2. The van der Waals surface area contributed by atoms with E-state index in [0.29, 0.717) is 30.8 Å². The van der Waals surface area contributed by atoms with Crippen molar-refractivity contribution >= 4 is 18.5 Å². The van der Waals surface area contributed by atoms with Crippen molar-refractivity contribution in [2.24, 2.45) is 45.3 Å². The highest BCUT2D eigenvalue weighted by Crippen LogP contribution is 2.87. The highest BCUT2D eigenvalue weighted by molar-refractivity contribution is 5.66. The van der Waals surface area contributed by atoms with Crippen molar-refractivity contribution in [3.8, 4) is 0 Å². The van der Waals surface area contributed by atoms with E-state index in [-0.39, 0.29) is 52.3 Å². The minimum atomic E-state index is -1.26. The van der Waals surface area contributed by atoms with Crippen LogP contribution in [0.4, 0.5) is 0 Å². The molecule has 0 aromatic carbocycles. The van der Waals surface area contributed by atoms with Gasteiger partial charge in [-0.1, -0.05) is 20.8 Å². The first-order chi connectivity index (χ1) is 20.2. The average molecular weight is 605 g/mol. The summed E-state index contributed by atoms with van der Waals surface area (Å²) >= 11 is 0. The van der Waals surface area contributed by atoms with E-state index in [1.807, 2.05) is 0 Å². The van der Waals surface area contributed by atoms with Gasteiger partial charge in [0.25, 0.3) is 0 Å². The fourth-order valence-electron chi connectivity index (χ4n) is 12.0. The second-order valence-corrected chi connectivity index (χ2v) is 16.2. The van der Waals surface area contributed by atoms with Crippen LogP contribution < -0.4 is 0 Å². The van der Waals surface area contributed by atoms with Crippen molar-refractivity contribution in [3.05, 3.63) is 0 Å². The van der Waals surface area contributed by atoms with Crippen LogP contribution in [-0.2, 0) is 33.3 Å². The molecule has 6 aliphatic rings. The Morgan fingerprint density at radius 3 is 2.40 bits per heavy atom. The average Bonchev–Trinajstić information content (AvgIpc) is 3.55. The van der Waals surface area contributed by atoms with Crippen LogP contribution in [0, 0.1) is 45.3 Å². The van der Waals surface area contributed by atoms with Gasteiger partial charge in [0.05, 0.1) is 30.0 Å². The smallest absolute Gasteiger partial charge is 0.303 e. The number of esters is 1. The lowest BCUT2D eigenvalue weighted by Gasteiger charge is -2.60. The molecule has 2 N–H and O–H groups in total. The second kappa shape index (κ2) is 10.6. The highest BCUT2D eigenvalue weighted by Gasteiger charge is 2.81. The monoisotopic (exact) mass is 604 g/mol. The lowest BCUT2D eigenvalue weighted by atomic mass is 9.46. The third-order valence-corrected chi connectivity index (χ3v) is 13.6. The molecule has 9 heteroatoms. The molecule has 43 heavy (non-hydrogen) atoms. The van der Waals surface area contributed by atoms with E-state index in [1.54, 1.807) is 13.8 Å². The summed E-state index contributed by atoms with van der Waals surface area (Å²) in [6.07, 6.45) is 6.97. The van der Waals surface area contributed by atoms with E-state index in [9.17, 15) is 24.6 Å². The third-order valence-electron chi connectivity index (χ3n) is 13.6. The first-order valence-electron chi connectivity index (χ1n) is 16.6. The Morgan fingerprint density at radius 1 is 1.02 bits per heavy atom. The quantitative estimate of drug-likeness (QED) is 0.228. The van der Waals surface area contributed by atoms with Gasteiger partial charge in [-0.2, -0.15) is 0 Å². The van der Waals surface area contributed by atoms with Crippen molar-refractivity contribution < 1.29 is 43.5 Å². The highest BCUT2D eigenvalue weighted by atomic mass is 16.7. The first kappa shape index (κ1) is 31.6. The van der Waals surface area contributed by atoms with Crippen LogP contribution in [0.5, 0.6) is 0 Å². The lowest BCUT2D eigenvalue weighted by molar-refractivity contribution is -0.217. The Kier molecular flexibility index (Phi) is 7.77. The largest absolute Gasteiger partial charge is 0.457 e. The van der Waals surface area contributed by atoms with Gasteiger partial charge in [0.15, 0.2) is 12.4 Å². The van der Waals surface area contributed by atoms with E-state index in [0.717, 1.165) is 38.5 Å². The van der Waals surface area contributed by atoms with Gasteiger partial charge in [0.1, 0.15) is 12.9 Å². The Labute approximate surface area is 255 Å². The molecular weight excluding hydrogens is 552 g/mol. The van der Waals surface area contributed by atoms with Gasteiger partial charge in [-0.25, -0.2) is 0 Å². The van der Waals surface area contributed by atoms with Crippen LogP contribution in [0.15, 0.2) is 0 Å². The number of ether oxygens (including phenoxy) is 4.